The molecule has 3 fully saturated rings. The second kappa shape index (κ2) is 11.4. The van der Waals surface area contributed by atoms with Crippen molar-refractivity contribution in [2.75, 3.05) is 75.5 Å². The second-order valence-corrected chi connectivity index (χ2v) is 13.8. The molecular formula is C27H37N7O4S2. The first-order valence-electron chi connectivity index (χ1n) is 13.9. The van der Waals surface area contributed by atoms with Crippen LogP contribution in [-0.2, 0) is 21.3 Å². The molecule has 3 aliphatic heterocycles. The van der Waals surface area contributed by atoms with Crippen LogP contribution in [0.1, 0.15) is 29.7 Å². The Hall–Kier alpha value is -2.58. The molecule has 3 aliphatic rings. The van der Waals surface area contributed by atoms with E-state index >= 15 is 0 Å². The van der Waals surface area contributed by atoms with Crippen molar-refractivity contribution in [3.05, 3.63) is 22.7 Å². The van der Waals surface area contributed by atoms with Crippen LogP contribution in [0.2, 0.25) is 0 Å². The quantitative estimate of drug-likeness (QED) is 0.422. The van der Waals surface area contributed by atoms with Crippen LogP contribution in [0.25, 0.3) is 21.5 Å². The van der Waals surface area contributed by atoms with Crippen LogP contribution >= 0.6 is 11.3 Å². The van der Waals surface area contributed by atoms with Gasteiger partial charge in [-0.3, -0.25) is 14.5 Å². The minimum atomic E-state index is -3.53. The van der Waals surface area contributed by atoms with Crippen LogP contribution in [0.15, 0.2) is 12.3 Å². The van der Waals surface area contributed by atoms with Gasteiger partial charge in [0, 0.05) is 61.0 Å². The Bertz CT molecular complexity index is 1480. The number of nitrogens with one attached hydrogen (secondary N) is 1. The van der Waals surface area contributed by atoms with Gasteiger partial charge >= 0.3 is 0 Å². The van der Waals surface area contributed by atoms with Gasteiger partial charge in [0.2, 0.25) is 21.9 Å². The van der Waals surface area contributed by atoms with Crippen molar-refractivity contribution in [3.8, 4) is 17.1 Å². The average Bonchev–Trinajstić information content (AvgIpc) is 3.69. The number of anilines is 2. The molecule has 0 unspecified atom stereocenters. The maximum atomic E-state index is 12.1. The molecule has 0 radical (unpaired) electrons. The predicted octanol–water partition coefficient (Wildman–Crippen LogP) is 2.95. The summed E-state index contributed by atoms with van der Waals surface area (Å²) in [7, 11) is -2.07. The van der Waals surface area contributed by atoms with E-state index in [-0.39, 0.29) is 11.6 Å². The van der Waals surface area contributed by atoms with E-state index in [1.165, 1.54) is 49.9 Å². The fourth-order valence-electron chi connectivity index (χ4n) is 6.01. The van der Waals surface area contributed by atoms with E-state index < -0.39 is 10.0 Å². The number of sulfonamides is 1. The van der Waals surface area contributed by atoms with Crippen molar-refractivity contribution < 1.29 is 17.9 Å². The maximum absolute atomic E-state index is 12.1. The van der Waals surface area contributed by atoms with Crippen LogP contribution < -0.4 is 14.4 Å². The third kappa shape index (κ3) is 5.75. The summed E-state index contributed by atoms with van der Waals surface area (Å²) in [6.07, 6.45) is 6.65. The molecule has 3 aromatic rings. The van der Waals surface area contributed by atoms with Crippen LogP contribution in [0.3, 0.4) is 0 Å². The van der Waals surface area contributed by atoms with E-state index in [0.717, 1.165) is 54.9 Å². The third-order valence-electron chi connectivity index (χ3n) is 8.01. The van der Waals surface area contributed by atoms with E-state index in [9.17, 15) is 8.42 Å². The number of rotatable bonds is 8. The van der Waals surface area contributed by atoms with Gasteiger partial charge in [-0.1, -0.05) is 0 Å². The summed E-state index contributed by atoms with van der Waals surface area (Å²) in [5, 5.41) is 0. The van der Waals surface area contributed by atoms with Crippen LogP contribution in [-0.4, -0.2) is 105 Å². The van der Waals surface area contributed by atoms with Crippen molar-refractivity contribution in [2.24, 2.45) is 0 Å². The highest BCUT2D eigenvalue weighted by molar-refractivity contribution is 7.92. The number of aromatic nitrogens is 3. The zero-order chi connectivity index (χ0) is 27.9. The summed E-state index contributed by atoms with van der Waals surface area (Å²) in [6, 6.07) is 2.39. The lowest BCUT2D eigenvalue weighted by Gasteiger charge is -2.27. The van der Waals surface area contributed by atoms with Crippen molar-refractivity contribution in [2.45, 2.75) is 38.8 Å². The molecule has 0 aliphatic carbocycles. The Labute approximate surface area is 239 Å². The largest absolute Gasteiger partial charge is 0.480 e. The van der Waals surface area contributed by atoms with Gasteiger partial charge in [0.25, 0.3) is 0 Å². The molecule has 11 nitrogen and oxygen atoms in total. The molecular weight excluding hydrogens is 550 g/mol. The highest BCUT2D eigenvalue weighted by Gasteiger charge is 2.31. The minimum absolute atomic E-state index is 0.206. The van der Waals surface area contributed by atoms with E-state index in [1.807, 2.05) is 0 Å². The van der Waals surface area contributed by atoms with E-state index in [0.29, 0.717) is 30.8 Å². The van der Waals surface area contributed by atoms with Crippen molar-refractivity contribution >= 4 is 43.2 Å². The average molecular weight is 588 g/mol. The van der Waals surface area contributed by atoms with Gasteiger partial charge < -0.3 is 14.4 Å². The normalized spacial score (nSPS) is 21.0. The Morgan fingerprint density at radius 3 is 2.65 bits per heavy atom. The Kier molecular flexibility index (Phi) is 7.83. The van der Waals surface area contributed by atoms with Crippen LogP contribution in [0.5, 0.6) is 5.88 Å². The third-order valence-corrected chi connectivity index (χ3v) is 9.75. The number of hydrogen-bond donors (Lipinski definition) is 1. The minimum Gasteiger partial charge on any atom is -0.480 e. The lowest BCUT2D eigenvalue weighted by molar-refractivity contribution is 0.122. The standard InChI is InChI=1S/C27H37N7O4S2/c1-18-21(17-32-9-6-20(16-32)33-7-4-5-8-33)24-25(39-18)23(29-27(30-24)34-10-12-38-13-11-34)19-14-22(31-40(3,35)36)26(37-2)28-15-19/h14-15,20,31H,4-13,16-17H2,1-3H3/t20-/m1/s1. The number of thiophene rings is 1. The van der Waals surface area contributed by atoms with Crippen LogP contribution in [0, 0.1) is 6.92 Å². The number of nitrogens with zero attached hydrogens (tertiary/aromatic N) is 6. The van der Waals surface area contributed by atoms with Gasteiger partial charge in [0.15, 0.2) is 0 Å². The summed E-state index contributed by atoms with van der Waals surface area (Å²) in [4.78, 5) is 23.2. The Balaban J connectivity index is 1.41. The number of methoxy groups -OCH3 is 1. The lowest BCUT2D eigenvalue weighted by atomic mass is 10.1. The SMILES string of the molecule is COc1ncc(-c2nc(N3CCOCC3)nc3c(CN4CC[C@@H](N5CCCC5)C4)c(C)sc23)cc1NS(C)(=O)=O. The number of ether oxygens (including phenoxy) is 2. The zero-order valence-corrected chi connectivity index (χ0v) is 25.0. The van der Waals surface area contributed by atoms with Crippen LogP contribution in [0.4, 0.5) is 11.6 Å². The van der Waals surface area contributed by atoms with E-state index in [4.69, 9.17) is 19.4 Å². The molecule has 6 heterocycles. The van der Waals surface area contributed by atoms with E-state index in [1.54, 1.807) is 23.6 Å². The molecule has 3 saturated heterocycles. The lowest BCUT2D eigenvalue weighted by Crippen LogP contribution is -2.37. The topological polar surface area (TPSA) is 113 Å². The summed E-state index contributed by atoms with van der Waals surface area (Å²) < 4.78 is 38.6. The molecule has 6 rings (SSSR count). The molecule has 0 saturated carbocycles. The fourth-order valence-corrected chi connectivity index (χ4v) is 7.67. The maximum Gasteiger partial charge on any atom is 0.238 e. The summed E-state index contributed by atoms with van der Waals surface area (Å²) in [5.74, 6) is 0.868. The Morgan fingerprint density at radius 2 is 1.93 bits per heavy atom. The summed E-state index contributed by atoms with van der Waals surface area (Å²) >= 11 is 1.69. The van der Waals surface area contributed by atoms with Gasteiger partial charge in [0.1, 0.15) is 5.69 Å². The van der Waals surface area contributed by atoms with Gasteiger partial charge in [-0.2, -0.15) is 0 Å². The first-order valence-corrected chi connectivity index (χ1v) is 16.6. The highest BCUT2D eigenvalue weighted by atomic mass is 32.2. The number of fused-ring (bicyclic) bond motifs is 1. The number of hydrogen-bond acceptors (Lipinski definition) is 11. The van der Waals surface area contributed by atoms with Gasteiger partial charge in [-0.25, -0.2) is 23.4 Å². The van der Waals surface area contributed by atoms with Crippen molar-refractivity contribution in [1.29, 1.82) is 0 Å². The van der Waals surface area contributed by atoms with Gasteiger partial charge in [-0.05, 0) is 45.3 Å². The molecule has 40 heavy (non-hydrogen) atoms. The molecule has 0 bridgehead atoms. The first kappa shape index (κ1) is 27.6. The predicted molar refractivity (Wildman–Crippen MR) is 158 cm³/mol. The molecule has 0 amide bonds. The highest BCUT2D eigenvalue weighted by Crippen LogP contribution is 2.40. The van der Waals surface area contributed by atoms with Gasteiger partial charge in [0.05, 0.1) is 42.5 Å². The molecule has 216 valence electrons. The van der Waals surface area contributed by atoms with Gasteiger partial charge in [-0.15, -0.1) is 11.3 Å². The number of aryl methyl sites for hydroxylation is 1. The number of likely N-dealkylation sites (tertiary alicyclic amines) is 2. The molecule has 1 N–H and O–H groups in total. The molecule has 0 spiro atoms. The summed E-state index contributed by atoms with van der Waals surface area (Å²) in [6.45, 7) is 10.4. The molecule has 3 aromatic heterocycles. The van der Waals surface area contributed by atoms with Crippen molar-refractivity contribution in [1.82, 2.24) is 24.8 Å². The fraction of sp³-hybridized carbons (Fsp3) is 0.593. The molecule has 1 atom stereocenters. The zero-order valence-electron chi connectivity index (χ0n) is 23.4. The smallest absolute Gasteiger partial charge is 0.238 e. The number of pyridine rings is 1. The first-order chi connectivity index (χ1) is 19.3. The Morgan fingerprint density at radius 1 is 1.15 bits per heavy atom. The number of morpholine rings is 1. The monoisotopic (exact) mass is 587 g/mol. The van der Waals surface area contributed by atoms with Crippen molar-refractivity contribution in [3.63, 3.8) is 0 Å². The van der Waals surface area contributed by atoms with E-state index in [2.05, 4.69) is 31.3 Å². The summed E-state index contributed by atoms with van der Waals surface area (Å²) in [5.41, 5.74) is 3.94. The second-order valence-electron chi connectivity index (χ2n) is 10.9. The molecule has 13 heteroatoms. The molecule has 0 aromatic carbocycles.